The molecule has 0 atom stereocenters. The highest BCUT2D eigenvalue weighted by Crippen LogP contribution is 2.02. The van der Waals surface area contributed by atoms with E-state index in [0.717, 1.165) is 11.3 Å². The van der Waals surface area contributed by atoms with Crippen molar-refractivity contribution in [3.05, 3.63) is 59.5 Å². The quantitative estimate of drug-likeness (QED) is 0.505. The molecule has 0 radical (unpaired) electrons. The van der Waals surface area contributed by atoms with E-state index in [0.29, 0.717) is 5.76 Å². The first-order valence-electron chi connectivity index (χ1n) is 6.37. The van der Waals surface area contributed by atoms with Crippen LogP contribution in [0.1, 0.15) is 17.1 Å². The molecule has 6 heteroatoms. The van der Waals surface area contributed by atoms with E-state index in [1.165, 1.54) is 6.21 Å². The van der Waals surface area contributed by atoms with Crippen LogP contribution in [0.3, 0.4) is 0 Å². The average molecular weight is 285 g/mol. The van der Waals surface area contributed by atoms with E-state index in [9.17, 15) is 9.59 Å². The van der Waals surface area contributed by atoms with E-state index in [2.05, 4.69) is 15.8 Å². The molecule has 1 heterocycles. The predicted molar refractivity (Wildman–Crippen MR) is 77.5 cm³/mol. The minimum absolute atomic E-state index is 0.286. The zero-order valence-electron chi connectivity index (χ0n) is 11.5. The number of amides is 2. The number of rotatable bonds is 4. The first-order valence-corrected chi connectivity index (χ1v) is 6.37. The third kappa shape index (κ3) is 4.61. The minimum Gasteiger partial charge on any atom is -0.460 e. The van der Waals surface area contributed by atoms with Crippen LogP contribution in [0, 0.1) is 6.92 Å². The van der Waals surface area contributed by atoms with Gasteiger partial charge >= 0.3 is 11.8 Å². The predicted octanol–water partition coefficient (Wildman–Crippen LogP) is 1.35. The molecule has 108 valence electrons. The molecule has 0 bridgehead atoms. The van der Waals surface area contributed by atoms with Crippen molar-refractivity contribution in [1.29, 1.82) is 0 Å². The van der Waals surface area contributed by atoms with E-state index >= 15 is 0 Å². The van der Waals surface area contributed by atoms with Crippen LogP contribution >= 0.6 is 0 Å². The van der Waals surface area contributed by atoms with Crippen molar-refractivity contribution < 1.29 is 14.0 Å². The summed E-state index contributed by atoms with van der Waals surface area (Å²) in [6.45, 7) is 2.08. The van der Waals surface area contributed by atoms with Crippen LogP contribution in [0.15, 0.2) is 52.0 Å². The number of hydrogen-bond acceptors (Lipinski definition) is 4. The van der Waals surface area contributed by atoms with Gasteiger partial charge in [-0.3, -0.25) is 9.59 Å². The summed E-state index contributed by atoms with van der Waals surface area (Å²) in [5.74, 6) is -0.335. The molecule has 0 spiro atoms. The molecule has 0 aliphatic rings. The summed E-state index contributed by atoms with van der Waals surface area (Å²) in [7, 11) is 0. The number of nitrogens with zero attached hydrogens (tertiary/aromatic N) is 1. The van der Waals surface area contributed by atoms with Crippen molar-refractivity contribution in [2.75, 3.05) is 0 Å². The number of benzene rings is 1. The molecule has 0 unspecified atom stereocenters. The summed E-state index contributed by atoms with van der Waals surface area (Å²) < 4.78 is 5.23. The molecule has 1 aromatic heterocycles. The highest BCUT2D eigenvalue weighted by molar-refractivity contribution is 6.35. The number of carbonyl (C=O) groups is 2. The number of aryl methyl sites for hydroxylation is 1. The maximum atomic E-state index is 11.5. The van der Waals surface area contributed by atoms with Crippen molar-refractivity contribution >= 4 is 18.0 Å². The summed E-state index contributed by atoms with van der Waals surface area (Å²) in [5, 5.41) is 6.16. The van der Waals surface area contributed by atoms with Crippen LogP contribution in [0.25, 0.3) is 0 Å². The van der Waals surface area contributed by atoms with Crippen LogP contribution < -0.4 is 10.7 Å². The summed E-state index contributed by atoms with van der Waals surface area (Å²) in [6, 6.07) is 12.8. The zero-order valence-corrected chi connectivity index (χ0v) is 11.5. The van der Waals surface area contributed by atoms with Gasteiger partial charge in [0, 0.05) is 6.54 Å². The zero-order chi connectivity index (χ0) is 15.1. The molecule has 2 amide bonds. The molecular formula is C15H15N3O3. The van der Waals surface area contributed by atoms with Crippen LogP contribution in [-0.2, 0) is 16.1 Å². The fourth-order valence-corrected chi connectivity index (χ4v) is 1.59. The SMILES string of the molecule is Cc1ccc(/C=N/NC(=O)C(=O)NCc2ccccc2)o1. The van der Waals surface area contributed by atoms with Gasteiger partial charge in [0.05, 0.1) is 6.21 Å². The van der Waals surface area contributed by atoms with Gasteiger partial charge in [-0.25, -0.2) is 5.43 Å². The van der Waals surface area contributed by atoms with Gasteiger partial charge in [-0.1, -0.05) is 30.3 Å². The second-order valence-corrected chi connectivity index (χ2v) is 4.32. The molecule has 0 saturated heterocycles. The Morgan fingerprint density at radius 3 is 2.57 bits per heavy atom. The van der Waals surface area contributed by atoms with Gasteiger partial charge in [-0.15, -0.1) is 0 Å². The van der Waals surface area contributed by atoms with Gasteiger partial charge in [-0.05, 0) is 24.6 Å². The Morgan fingerprint density at radius 2 is 1.90 bits per heavy atom. The lowest BCUT2D eigenvalue weighted by atomic mass is 10.2. The molecule has 0 saturated carbocycles. The third-order valence-electron chi connectivity index (χ3n) is 2.62. The van der Waals surface area contributed by atoms with Crippen LogP contribution in [0.2, 0.25) is 0 Å². The lowest BCUT2D eigenvalue weighted by Gasteiger charge is -2.03. The maximum Gasteiger partial charge on any atom is 0.329 e. The van der Waals surface area contributed by atoms with Crippen molar-refractivity contribution in [2.45, 2.75) is 13.5 Å². The minimum atomic E-state index is -0.828. The lowest BCUT2D eigenvalue weighted by molar-refractivity contribution is -0.139. The number of hydrogen-bond donors (Lipinski definition) is 2. The molecule has 0 fully saturated rings. The fraction of sp³-hybridized carbons (Fsp3) is 0.133. The van der Waals surface area contributed by atoms with Crippen molar-refractivity contribution in [3.63, 3.8) is 0 Å². The van der Waals surface area contributed by atoms with Gasteiger partial charge in [0.25, 0.3) is 0 Å². The first kappa shape index (κ1) is 14.5. The summed E-state index contributed by atoms with van der Waals surface area (Å²) in [5.41, 5.74) is 3.05. The van der Waals surface area contributed by atoms with Crippen molar-refractivity contribution in [1.82, 2.24) is 10.7 Å². The van der Waals surface area contributed by atoms with E-state index in [-0.39, 0.29) is 6.54 Å². The van der Waals surface area contributed by atoms with E-state index < -0.39 is 11.8 Å². The summed E-state index contributed by atoms with van der Waals surface area (Å²) in [6.07, 6.45) is 1.33. The van der Waals surface area contributed by atoms with Gasteiger partial charge < -0.3 is 9.73 Å². The van der Waals surface area contributed by atoms with Gasteiger partial charge in [0.15, 0.2) is 0 Å². The Labute approximate surface area is 121 Å². The third-order valence-corrected chi connectivity index (χ3v) is 2.62. The number of hydrazone groups is 1. The second-order valence-electron chi connectivity index (χ2n) is 4.32. The van der Waals surface area contributed by atoms with Gasteiger partial charge in [0.2, 0.25) is 0 Å². The molecule has 1 aromatic carbocycles. The second kappa shape index (κ2) is 7.04. The summed E-state index contributed by atoms with van der Waals surface area (Å²) >= 11 is 0. The summed E-state index contributed by atoms with van der Waals surface area (Å²) in [4.78, 5) is 23.0. The largest absolute Gasteiger partial charge is 0.460 e. The van der Waals surface area contributed by atoms with Crippen LogP contribution in [0.5, 0.6) is 0 Å². The van der Waals surface area contributed by atoms with Gasteiger partial charge in [-0.2, -0.15) is 5.10 Å². The highest BCUT2D eigenvalue weighted by atomic mass is 16.3. The normalized spacial score (nSPS) is 10.5. The monoisotopic (exact) mass is 285 g/mol. The van der Waals surface area contributed by atoms with E-state index in [1.54, 1.807) is 19.1 Å². The molecular weight excluding hydrogens is 270 g/mol. The topological polar surface area (TPSA) is 83.7 Å². The van der Waals surface area contributed by atoms with Crippen LogP contribution in [-0.4, -0.2) is 18.0 Å². The molecule has 21 heavy (non-hydrogen) atoms. The van der Waals surface area contributed by atoms with Crippen LogP contribution in [0.4, 0.5) is 0 Å². The van der Waals surface area contributed by atoms with Crippen molar-refractivity contribution in [3.8, 4) is 0 Å². The Balaban J connectivity index is 1.77. The number of carbonyl (C=O) groups excluding carboxylic acids is 2. The molecule has 0 aliphatic carbocycles. The number of furan rings is 1. The highest BCUT2D eigenvalue weighted by Gasteiger charge is 2.11. The lowest BCUT2D eigenvalue weighted by Crippen LogP contribution is -2.37. The molecule has 6 nitrogen and oxygen atoms in total. The standard InChI is InChI=1S/C15H15N3O3/c1-11-7-8-13(21-11)10-17-18-15(20)14(19)16-9-12-5-3-2-4-6-12/h2-8,10H,9H2,1H3,(H,16,19)(H,18,20)/b17-10+. The number of nitrogens with one attached hydrogen (secondary N) is 2. The molecule has 2 N–H and O–H groups in total. The maximum absolute atomic E-state index is 11.5. The Hall–Kier alpha value is -2.89. The molecule has 2 rings (SSSR count). The van der Waals surface area contributed by atoms with Crippen molar-refractivity contribution in [2.24, 2.45) is 5.10 Å². The average Bonchev–Trinajstić information content (AvgIpc) is 2.91. The molecule has 0 aliphatic heterocycles. The van der Waals surface area contributed by atoms with Gasteiger partial charge in [0.1, 0.15) is 11.5 Å². The fourth-order valence-electron chi connectivity index (χ4n) is 1.59. The Bertz CT molecular complexity index is 647. The Morgan fingerprint density at radius 1 is 1.14 bits per heavy atom. The smallest absolute Gasteiger partial charge is 0.329 e. The first-order chi connectivity index (χ1) is 10.1. The Kier molecular flexibility index (Phi) is 4.87. The van der Waals surface area contributed by atoms with E-state index in [1.807, 2.05) is 30.3 Å². The van der Waals surface area contributed by atoms with E-state index in [4.69, 9.17) is 4.42 Å². The molecule has 2 aromatic rings.